The molecule has 4 rings (SSSR count). The number of benzene rings is 2. The summed E-state index contributed by atoms with van der Waals surface area (Å²) in [6, 6.07) is 12.9. The first-order chi connectivity index (χ1) is 14.8. The summed E-state index contributed by atoms with van der Waals surface area (Å²) < 4.78 is 39.7. The van der Waals surface area contributed by atoms with E-state index in [1.807, 2.05) is 35.2 Å². The molecule has 2 saturated heterocycles. The van der Waals surface area contributed by atoms with Crippen molar-refractivity contribution in [1.82, 2.24) is 4.90 Å². The van der Waals surface area contributed by atoms with Crippen LogP contribution in [0.1, 0.15) is 30.4 Å². The molecule has 0 radical (unpaired) electrons. The minimum Gasteiger partial charge on any atom is -0.370 e. The Bertz CT molecular complexity index is 956. The molecule has 31 heavy (non-hydrogen) atoms. The molecule has 1 N–H and O–H groups in total. The summed E-state index contributed by atoms with van der Waals surface area (Å²) in [5.74, 6) is -1.16. The normalized spacial score (nSPS) is 19.2. The molecule has 0 aliphatic carbocycles. The van der Waals surface area contributed by atoms with Crippen LogP contribution in [0.25, 0.3) is 0 Å². The van der Waals surface area contributed by atoms with Crippen LogP contribution >= 0.6 is 0 Å². The van der Waals surface area contributed by atoms with Gasteiger partial charge in [0.1, 0.15) is 0 Å². The Balaban J connectivity index is 1.50. The van der Waals surface area contributed by atoms with Gasteiger partial charge in [0.2, 0.25) is 11.8 Å². The van der Waals surface area contributed by atoms with Gasteiger partial charge in [-0.3, -0.25) is 9.59 Å². The molecule has 1 atom stereocenters. The summed E-state index contributed by atoms with van der Waals surface area (Å²) in [4.78, 5) is 28.9. The van der Waals surface area contributed by atoms with Gasteiger partial charge in [-0.25, -0.2) is 0 Å². The first kappa shape index (κ1) is 21.2. The highest BCUT2D eigenvalue weighted by Gasteiger charge is 2.36. The van der Waals surface area contributed by atoms with E-state index in [1.54, 1.807) is 4.90 Å². The van der Waals surface area contributed by atoms with E-state index in [4.69, 9.17) is 0 Å². The van der Waals surface area contributed by atoms with E-state index in [1.165, 1.54) is 6.07 Å². The summed E-state index contributed by atoms with van der Waals surface area (Å²) in [5, 5.41) is 2.69. The fourth-order valence-corrected chi connectivity index (χ4v) is 4.19. The molecule has 0 aromatic heterocycles. The molecule has 0 spiro atoms. The van der Waals surface area contributed by atoms with Gasteiger partial charge < -0.3 is 15.1 Å². The van der Waals surface area contributed by atoms with Crippen LogP contribution in [-0.2, 0) is 22.3 Å². The Morgan fingerprint density at radius 1 is 1.06 bits per heavy atom. The third-order valence-electron chi connectivity index (χ3n) is 5.83. The van der Waals surface area contributed by atoms with E-state index < -0.39 is 23.6 Å². The average molecular weight is 431 g/mol. The van der Waals surface area contributed by atoms with Crippen molar-refractivity contribution in [2.24, 2.45) is 5.92 Å². The second-order valence-electron chi connectivity index (χ2n) is 8.07. The van der Waals surface area contributed by atoms with Crippen molar-refractivity contribution in [3.05, 3.63) is 59.7 Å². The van der Waals surface area contributed by atoms with Crippen LogP contribution in [0.15, 0.2) is 48.5 Å². The highest BCUT2D eigenvalue weighted by Crippen LogP contribution is 2.37. The van der Waals surface area contributed by atoms with Gasteiger partial charge in [0.05, 0.1) is 22.9 Å². The lowest BCUT2D eigenvalue weighted by molar-refractivity contribution is -0.137. The van der Waals surface area contributed by atoms with E-state index in [2.05, 4.69) is 5.32 Å². The molecule has 2 amide bonds. The smallest absolute Gasteiger partial charge is 0.370 e. The minimum atomic E-state index is -4.50. The van der Waals surface area contributed by atoms with Gasteiger partial charge in [-0.15, -0.1) is 0 Å². The van der Waals surface area contributed by atoms with Gasteiger partial charge in [-0.1, -0.05) is 30.3 Å². The molecule has 2 aromatic rings. The van der Waals surface area contributed by atoms with Crippen molar-refractivity contribution >= 4 is 23.2 Å². The molecule has 2 heterocycles. The van der Waals surface area contributed by atoms with Gasteiger partial charge in [0.15, 0.2) is 0 Å². The molecular formula is C23H24F3N3O2. The molecule has 1 unspecified atom stereocenters. The number of alkyl halides is 3. The van der Waals surface area contributed by atoms with Gasteiger partial charge in [0.25, 0.3) is 0 Å². The maximum absolute atomic E-state index is 13.2. The highest BCUT2D eigenvalue weighted by atomic mass is 19.4. The Morgan fingerprint density at radius 2 is 1.77 bits per heavy atom. The SMILES string of the molecule is O=C(Nc1cc(C(F)(F)F)ccc1N1CCCC1)C1CC(=O)N(Cc2ccccc2)C1. The lowest BCUT2D eigenvalue weighted by Crippen LogP contribution is -2.29. The predicted molar refractivity (Wildman–Crippen MR) is 111 cm³/mol. The zero-order valence-corrected chi connectivity index (χ0v) is 17.0. The molecule has 2 fully saturated rings. The first-order valence-electron chi connectivity index (χ1n) is 10.4. The zero-order valence-electron chi connectivity index (χ0n) is 17.0. The summed E-state index contributed by atoms with van der Waals surface area (Å²) in [6.07, 6.45) is -2.53. The fraction of sp³-hybridized carbons (Fsp3) is 0.391. The van der Waals surface area contributed by atoms with Crippen molar-refractivity contribution < 1.29 is 22.8 Å². The molecular weight excluding hydrogens is 407 g/mol. The molecule has 0 bridgehead atoms. The van der Waals surface area contributed by atoms with E-state index in [0.29, 0.717) is 12.2 Å². The number of nitrogens with one attached hydrogen (secondary N) is 1. The molecule has 164 valence electrons. The van der Waals surface area contributed by atoms with Gasteiger partial charge in [-0.05, 0) is 36.6 Å². The van der Waals surface area contributed by atoms with Crippen LogP contribution < -0.4 is 10.2 Å². The van der Waals surface area contributed by atoms with Crippen LogP contribution in [0.3, 0.4) is 0 Å². The van der Waals surface area contributed by atoms with Crippen molar-refractivity contribution in [1.29, 1.82) is 0 Å². The van der Waals surface area contributed by atoms with Crippen molar-refractivity contribution in [2.45, 2.75) is 32.0 Å². The van der Waals surface area contributed by atoms with Crippen LogP contribution in [0, 0.1) is 5.92 Å². The van der Waals surface area contributed by atoms with Crippen LogP contribution in [0.4, 0.5) is 24.5 Å². The summed E-state index contributed by atoms with van der Waals surface area (Å²) in [7, 11) is 0. The van der Waals surface area contributed by atoms with Crippen molar-refractivity contribution in [2.75, 3.05) is 29.9 Å². The molecule has 2 aromatic carbocycles. The number of rotatable bonds is 5. The maximum Gasteiger partial charge on any atom is 0.416 e. The monoisotopic (exact) mass is 431 g/mol. The van der Waals surface area contributed by atoms with Crippen molar-refractivity contribution in [3.63, 3.8) is 0 Å². The maximum atomic E-state index is 13.2. The predicted octanol–water partition coefficient (Wildman–Crippen LogP) is 4.29. The quantitative estimate of drug-likeness (QED) is 0.768. The van der Waals surface area contributed by atoms with Gasteiger partial charge in [0, 0.05) is 32.6 Å². The van der Waals surface area contributed by atoms with Gasteiger partial charge >= 0.3 is 6.18 Å². The number of nitrogens with zero attached hydrogens (tertiary/aromatic N) is 2. The lowest BCUT2D eigenvalue weighted by Gasteiger charge is -2.23. The van der Waals surface area contributed by atoms with Gasteiger partial charge in [-0.2, -0.15) is 13.2 Å². The van der Waals surface area contributed by atoms with E-state index in [9.17, 15) is 22.8 Å². The molecule has 8 heteroatoms. The number of hydrogen-bond donors (Lipinski definition) is 1. The van der Waals surface area contributed by atoms with Crippen LogP contribution in [0.5, 0.6) is 0 Å². The zero-order chi connectivity index (χ0) is 22.0. The topological polar surface area (TPSA) is 52.7 Å². The molecule has 2 aliphatic rings. The first-order valence-corrected chi connectivity index (χ1v) is 10.4. The van der Waals surface area contributed by atoms with E-state index >= 15 is 0 Å². The van der Waals surface area contributed by atoms with Crippen molar-refractivity contribution in [3.8, 4) is 0 Å². The Morgan fingerprint density at radius 3 is 2.45 bits per heavy atom. The Hall–Kier alpha value is -3.03. The lowest BCUT2D eigenvalue weighted by atomic mass is 10.1. The Kier molecular flexibility index (Phi) is 5.89. The summed E-state index contributed by atoms with van der Waals surface area (Å²) in [5.41, 5.74) is 0.894. The number of halogens is 3. The second kappa shape index (κ2) is 8.61. The number of hydrogen-bond acceptors (Lipinski definition) is 3. The number of anilines is 2. The molecule has 5 nitrogen and oxygen atoms in total. The second-order valence-corrected chi connectivity index (χ2v) is 8.07. The largest absolute Gasteiger partial charge is 0.416 e. The molecule has 2 aliphatic heterocycles. The number of likely N-dealkylation sites (tertiary alicyclic amines) is 1. The number of carbonyl (C=O) groups excluding carboxylic acids is 2. The standard InChI is InChI=1S/C23H24F3N3O2/c24-23(25,26)18-8-9-20(28-10-4-5-11-28)19(13-18)27-22(31)17-12-21(30)29(15-17)14-16-6-2-1-3-7-16/h1-3,6-9,13,17H,4-5,10-12,14-15H2,(H,27,31). The Labute approximate surface area is 178 Å². The molecule has 0 saturated carbocycles. The summed E-state index contributed by atoms with van der Waals surface area (Å²) >= 11 is 0. The third-order valence-corrected chi connectivity index (χ3v) is 5.83. The highest BCUT2D eigenvalue weighted by molar-refractivity contribution is 5.99. The fourth-order valence-electron chi connectivity index (χ4n) is 4.19. The minimum absolute atomic E-state index is 0.0523. The van der Waals surface area contributed by atoms with Crippen LogP contribution in [-0.4, -0.2) is 36.3 Å². The van der Waals surface area contributed by atoms with E-state index in [-0.39, 0.29) is 24.6 Å². The summed E-state index contributed by atoms with van der Waals surface area (Å²) in [6.45, 7) is 2.13. The number of amides is 2. The average Bonchev–Trinajstić information content (AvgIpc) is 3.39. The van der Waals surface area contributed by atoms with E-state index in [0.717, 1.165) is 43.6 Å². The third kappa shape index (κ3) is 4.84. The van der Waals surface area contributed by atoms with Crippen LogP contribution in [0.2, 0.25) is 0 Å². The number of carbonyl (C=O) groups is 2.